The van der Waals surface area contributed by atoms with Crippen LogP contribution in [-0.4, -0.2) is 57.5 Å². The zero-order chi connectivity index (χ0) is 23.3. The van der Waals surface area contributed by atoms with Crippen molar-refractivity contribution in [1.82, 2.24) is 4.90 Å². The van der Waals surface area contributed by atoms with Gasteiger partial charge in [0.05, 0.1) is 46.9 Å². The highest BCUT2D eigenvalue weighted by molar-refractivity contribution is 6.46. The van der Waals surface area contributed by atoms with E-state index in [1.54, 1.807) is 55.6 Å². The van der Waals surface area contributed by atoms with Crippen LogP contribution in [0.2, 0.25) is 0 Å². The molecule has 2 aromatic carbocycles. The monoisotopic (exact) mass is 438 g/mol. The molecule has 0 aromatic heterocycles. The van der Waals surface area contributed by atoms with Crippen molar-refractivity contribution in [3.8, 4) is 11.5 Å². The number of Topliss-reactive ketones (excluding diaryl/α,β-unsaturated/α-hetero) is 1. The summed E-state index contributed by atoms with van der Waals surface area (Å²) in [5.41, 5.74) is 1.03. The predicted octanol–water partition coefficient (Wildman–Crippen LogP) is 0.853. The van der Waals surface area contributed by atoms with Gasteiger partial charge in [-0.2, -0.15) is 0 Å². The number of quaternary nitrogens is 1. The number of rotatable bonds is 9. The lowest BCUT2D eigenvalue weighted by molar-refractivity contribution is -0.857. The van der Waals surface area contributed by atoms with Gasteiger partial charge in [0.2, 0.25) is 5.78 Å². The van der Waals surface area contributed by atoms with Gasteiger partial charge in [0.1, 0.15) is 11.5 Å². The maximum absolute atomic E-state index is 13.4. The lowest BCUT2D eigenvalue weighted by Crippen LogP contribution is -3.06. The minimum Gasteiger partial charge on any atom is -0.872 e. The Morgan fingerprint density at radius 2 is 1.66 bits per heavy atom. The summed E-state index contributed by atoms with van der Waals surface area (Å²) >= 11 is 0. The Morgan fingerprint density at radius 3 is 2.22 bits per heavy atom. The van der Waals surface area contributed by atoms with E-state index in [2.05, 4.69) is 0 Å². The van der Waals surface area contributed by atoms with E-state index in [1.807, 2.05) is 21.0 Å². The molecular formula is C25H30N2O5. The molecule has 1 aliphatic heterocycles. The number of methoxy groups -OCH3 is 1. The largest absolute Gasteiger partial charge is 0.872 e. The second-order valence-electron chi connectivity index (χ2n) is 8.08. The molecule has 1 atom stereocenters. The number of nitrogens with zero attached hydrogens (tertiary/aromatic N) is 1. The number of ketones is 1. The topological polar surface area (TPSA) is 83.3 Å². The Bertz CT molecular complexity index is 980. The predicted molar refractivity (Wildman–Crippen MR) is 119 cm³/mol. The molecule has 0 spiro atoms. The van der Waals surface area contributed by atoms with Gasteiger partial charge in [0.25, 0.3) is 5.91 Å². The molecule has 0 aliphatic carbocycles. The number of benzene rings is 2. The second-order valence-corrected chi connectivity index (χ2v) is 8.08. The third-order valence-electron chi connectivity index (χ3n) is 5.40. The van der Waals surface area contributed by atoms with Crippen LogP contribution in [0, 0.1) is 0 Å². The average Bonchev–Trinajstić information content (AvgIpc) is 3.06. The van der Waals surface area contributed by atoms with Crippen molar-refractivity contribution in [2.45, 2.75) is 19.4 Å². The van der Waals surface area contributed by atoms with Crippen molar-refractivity contribution in [2.75, 3.05) is 40.9 Å². The number of likely N-dealkylation sites (N-methyl/N-ethyl adjacent to an activating group) is 1. The number of carbonyl (C=O) groups excluding carboxylic acids is 2. The van der Waals surface area contributed by atoms with Crippen molar-refractivity contribution in [2.24, 2.45) is 0 Å². The van der Waals surface area contributed by atoms with Crippen molar-refractivity contribution in [3.63, 3.8) is 0 Å². The van der Waals surface area contributed by atoms with Crippen molar-refractivity contribution in [3.05, 3.63) is 65.2 Å². The molecule has 0 bridgehead atoms. The lowest BCUT2D eigenvalue weighted by atomic mass is 9.95. The van der Waals surface area contributed by atoms with Crippen LogP contribution in [0.3, 0.4) is 0 Å². The molecule has 1 unspecified atom stereocenters. The molecule has 1 saturated heterocycles. The number of hydrogen-bond acceptors (Lipinski definition) is 5. The van der Waals surface area contributed by atoms with Crippen LogP contribution in [0.25, 0.3) is 5.76 Å². The Balaban J connectivity index is 2.04. The molecule has 1 fully saturated rings. The highest BCUT2D eigenvalue weighted by atomic mass is 16.5. The normalized spacial score (nSPS) is 17.8. The maximum atomic E-state index is 13.4. The third-order valence-corrected chi connectivity index (χ3v) is 5.40. The number of hydrogen-bond donors (Lipinski definition) is 1. The molecule has 1 amide bonds. The van der Waals surface area contributed by atoms with E-state index in [0.29, 0.717) is 42.3 Å². The summed E-state index contributed by atoms with van der Waals surface area (Å²) < 4.78 is 10.8. The van der Waals surface area contributed by atoms with Crippen LogP contribution in [0.15, 0.2) is 54.1 Å². The fourth-order valence-electron chi connectivity index (χ4n) is 3.66. The molecule has 1 heterocycles. The number of ether oxygens (including phenoxy) is 2. The number of nitrogens with one attached hydrogen (secondary N) is 1. The highest BCUT2D eigenvalue weighted by Crippen LogP contribution is 2.39. The van der Waals surface area contributed by atoms with Gasteiger partial charge in [-0.25, -0.2) is 0 Å². The van der Waals surface area contributed by atoms with Crippen LogP contribution in [0.4, 0.5) is 0 Å². The van der Waals surface area contributed by atoms with E-state index < -0.39 is 23.5 Å². The van der Waals surface area contributed by atoms with Crippen molar-refractivity contribution in [1.29, 1.82) is 0 Å². The van der Waals surface area contributed by atoms with E-state index in [4.69, 9.17) is 9.47 Å². The number of amides is 1. The second kappa shape index (κ2) is 10.3. The first-order valence-corrected chi connectivity index (χ1v) is 10.8. The first kappa shape index (κ1) is 23.3. The summed E-state index contributed by atoms with van der Waals surface area (Å²) in [6, 6.07) is 13.1. The molecule has 1 N–H and O–H groups in total. The Hall–Kier alpha value is -3.32. The molecule has 2 aromatic rings. The van der Waals surface area contributed by atoms with Gasteiger partial charge in [-0.05, 0) is 41.8 Å². The van der Waals surface area contributed by atoms with Gasteiger partial charge in [0, 0.05) is 5.57 Å². The summed E-state index contributed by atoms with van der Waals surface area (Å²) in [6.07, 6.45) is 0.878. The Kier molecular flexibility index (Phi) is 7.53. The minimum absolute atomic E-state index is 0.0175. The van der Waals surface area contributed by atoms with Crippen LogP contribution < -0.4 is 19.5 Å². The fraction of sp³-hybridized carbons (Fsp3) is 0.360. The minimum atomic E-state index is -0.740. The molecule has 7 nitrogen and oxygen atoms in total. The molecule has 3 rings (SSSR count). The van der Waals surface area contributed by atoms with E-state index in [-0.39, 0.29) is 5.57 Å². The molecule has 170 valence electrons. The summed E-state index contributed by atoms with van der Waals surface area (Å²) in [5.74, 6) is -0.506. The van der Waals surface area contributed by atoms with Gasteiger partial charge in [-0.3, -0.25) is 9.59 Å². The lowest BCUT2D eigenvalue weighted by Gasteiger charge is -2.28. The molecule has 0 radical (unpaired) electrons. The van der Waals surface area contributed by atoms with E-state index >= 15 is 0 Å². The molecule has 32 heavy (non-hydrogen) atoms. The molecule has 1 aliphatic rings. The summed E-state index contributed by atoms with van der Waals surface area (Å²) in [4.78, 5) is 28.5. The van der Waals surface area contributed by atoms with Crippen molar-refractivity contribution >= 4 is 17.4 Å². The summed E-state index contributed by atoms with van der Waals surface area (Å²) in [6.45, 7) is 3.61. The first-order chi connectivity index (χ1) is 15.4. The summed E-state index contributed by atoms with van der Waals surface area (Å²) in [5, 5.41) is 13.4. The van der Waals surface area contributed by atoms with Crippen LogP contribution in [-0.2, 0) is 9.59 Å². The summed E-state index contributed by atoms with van der Waals surface area (Å²) in [7, 11) is 5.52. The standard InChI is InChI=1S/C25H30N2O5/c1-5-16-32-20-12-8-18(9-13-20)23(28)21-22(17-6-10-19(31-4)11-7-17)27(15-14-26(2)3)25(30)24(21)29/h6-13,22,28H,5,14-16H2,1-4H3. The van der Waals surface area contributed by atoms with E-state index in [1.165, 1.54) is 4.90 Å². The van der Waals surface area contributed by atoms with E-state index in [0.717, 1.165) is 11.3 Å². The quantitative estimate of drug-likeness (QED) is 0.357. The van der Waals surface area contributed by atoms with E-state index in [9.17, 15) is 14.7 Å². The van der Waals surface area contributed by atoms with Gasteiger partial charge in [-0.15, -0.1) is 0 Å². The van der Waals surface area contributed by atoms with Crippen LogP contribution >= 0.6 is 0 Å². The van der Waals surface area contributed by atoms with Gasteiger partial charge in [0.15, 0.2) is 0 Å². The molecule has 0 saturated carbocycles. The number of likely N-dealkylation sites (tertiary alicyclic amines) is 1. The zero-order valence-electron chi connectivity index (χ0n) is 19.0. The zero-order valence-corrected chi connectivity index (χ0v) is 19.0. The SMILES string of the molecule is CCCOc1ccc(C([O-])=C2C(=O)C(=O)N(CC[NH+](C)C)C2c2ccc(OC)cc2)cc1. The molecular weight excluding hydrogens is 408 g/mol. The first-order valence-electron chi connectivity index (χ1n) is 10.8. The highest BCUT2D eigenvalue weighted by Gasteiger charge is 2.44. The molecule has 7 heteroatoms. The van der Waals surface area contributed by atoms with Crippen molar-refractivity contribution < 1.29 is 29.1 Å². The van der Waals surface area contributed by atoms with Crippen LogP contribution in [0.5, 0.6) is 11.5 Å². The third kappa shape index (κ3) is 4.94. The maximum Gasteiger partial charge on any atom is 0.295 e. The van der Waals surface area contributed by atoms with Gasteiger partial charge < -0.3 is 24.4 Å². The van der Waals surface area contributed by atoms with Crippen LogP contribution in [0.1, 0.15) is 30.5 Å². The smallest absolute Gasteiger partial charge is 0.295 e. The Morgan fingerprint density at radius 1 is 1.03 bits per heavy atom. The van der Waals surface area contributed by atoms with Gasteiger partial charge in [-0.1, -0.05) is 36.9 Å². The van der Waals surface area contributed by atoms with Gasteiger partial charge >= 0.3 is 0 Å². The fourth-order valence-corrected chi connectivity index (χ4v) is 3.66. The average molecular weight is 439 g/mol. The Labute approximate surface area is 188 Å². The number of carbonyl (C=O) groups is 2.